The molecule has 1 aliphatic carbocycles. The topological polar surface area (TPSA) is 75.4 Å². The maximum atomic E-state index is 12.2. The molecule has 3 rings (SSSR count). The lowest BCUT2D eigenvalue weighted by atomic mass is 9.91. The van der Waals surface area contributed by atoms with Crippen molar-refractivity contribution in [1.82, 2.24) is 10.2 Å². The van der Waals surface area contributed by atoms with Gasteiger partial charge in [0, 0.05) is 25.0 Å². The number of carbonyl (C=O) groups excluding carboxylic acids is 2. The fraction of sp³-hybridized carbons (Fsp3) is 0.556. The smallest absolute Gasteiger partial charge is 0.239 e. The van der Waals surface area contributed by atoms with Gasteiger partial charge < -0.3 is 10.6 Å². The van der Waals surface area contributed by atoms with Crippen LogP contribution >= 0.6 is 0 Å². The van der Waals surface area contributed by atoms with E-state index in [4.69, 9.17) is 5.73 Å². The van der Waals surface area contributed by atoms with Crippen LogP contribution in [0.3, 0.4) is 0 Å². The van der Waals surface area contributed by atoms with Crippen molar-refractivity contribution in [3.8, 4) is 0 Å². The summed E-state index contributed by atoms with van der Waals surface area (Å²) in [5, 5.41) is 3.41. The van der Waals surface area contributed by atoms with E-state index in [0.29, 0.717) is 11.8 Å². The van der Waals surface area contributed by atoms with E-state index in [1.165, 1.54) is 0 Å². The van der Waals surface area contributed by atoms with Gasteiger partial charge in [0.15, 0.2) is 0 Å². The zero-order valence-electron chi connectivity index (χ0n) is 13.6. The van der Waals surface area contributed by atoms with Gasteiger partial charge in [0.25, 0.3) is 0 Å². The van der Waals surface area contributed by atoms with E-state index in [-0.39, 0.29) is 17.9 Å². The minimum Gasteiger partial charge on any atom is -0.368 e. The van der Waals surface area contributed by atoms with Crippen molar-refractivity contribution >= 4 is 11.8 Å². The van der Waals surface area contributed by atoms with Crippen LogP contribution < -0.4 is 11.1 Å². The van der Waals surface area contributed by atoms with Crippen molar-refractivity contribution in [2.75, 3.05) is 13.1 Å². The fourth-order valence-corrected chi connectivity index (χ4v) is 3.38. The summed E-state index contributed by atoms with van der Waals surface area (Å²) in [7, 11) is 0. The molecule has 1 aliphatic heterocycles. The third-order valence-corrected chi connectivity index (χ3v) is 4.94. The molecule has 1 saturated carbocycles. The SMILES string of the molecule is C[C@@H]1CN(C(=O)C2CC2)CC[C@@H]1N[C@H](C(N)=O)c1ccccc1. The van der Waals surface area contributed by atoms with Crippen molar-refractivity contribution in [3.05, 3.63) is 35.9 Å². The molecule has 2 fully saturated rings. The predicted molar refractivity (Wildman–Crippen MR) is 88.4 cm³/mol. The van der Waals surface area contributed by atoms with Crippen LogP contribution in [0.2, 0.25) is 0 Å². The number of benzene rings is 1. The largest absolute Gasteiger partial charge is 0.368 e. The van der Waals surface area contributed by atoms with Crippen molar-refractivity contribution < 1.29 is 9.59 Å². The van der Waals surface area contributed by atoms with E-state index in [1.807, 2.05) is 35.2 Å². The number of hydrogen-bond acceptors (Lipinski definition) is 3. The molecule has 2 amide bonds. The molecule has 0 unspecified atom stereocenters. The average molecular weight is 315 g/mol. The molecule has 1 aromatic carbocycles. The molecular formula is C18H25N3O2. The molecule has 1 heterocycles. The first-order chi connectivity index (χ1) is 11.1. The average Bonchev–Trinajstić information content (AvgIpc) is 3.38. The molecule has 2 aliphatic rings. The Balaban J connectivity index is 1.63. The molecule has 0 bridgehead atoms. The first kappa shape index (κ1) is 16.0. The van der Waals surface area contributed by atoms with Crippen LogP contribution in [0.1, 0.15) is 37.8 Å². The number of amides is 2. The lowest BCUT2D eigenvalue weighted by Gasteiger charge is -2.39. The molecule has 124 valence electrons. The standard InChI is InChI=1S/C18H25N3O2/c1-12-11-21(18(23)14-7-8-14)10-9-15(12)20-16(17(19)22)13-5-3-2-4-6-13/h2-6,12,14-16,20H,7-11H2,1H3,(H2,19,22)/t12-,15+,16+/m1/s1. The number of nitrogens with one attached hydrogen (secondary N) is 1. The van der Waals surface area contributed by atoms with Crippen LogP contribution in [-0.2, 0) is 9.59 Å². The Hall–Kier alpha value is -1.88. The number of nitrogens with zero attached hydrogens (tertiary/aromatic N) is 1. The molecule has 0 spiro atoms. The third kappa shape index (κ3) is 3.72. The minimum atomic E-state index is -0.477. The van der Waals surface area contributed by atoms with Crippen LogP contribution in [0.15, 0.2) is 30.3 Å². The van der Waals surface area contributed by atoms with Gasteiger partial charge >= 0.3 is 0 Å². The van der Waals surface area contributed by atoms with E-state index in [2.05, 4.69) is 12.2 Å². The highest BCUT2D eigenvalue weighted by Crippen LogP contribution is 2.32. The van der Waals surface area contributed by atoms with E-state index in [9.17, 15) is 9.59 Å². The van der Waals surface area contributed by atoms with Gasteiger partial charge in [-0.05, 0) is 30.7 Å². The van der Waals surface area contributed by atoms with Crippen molar-refractivity contribution in [3.63, 3.8) is 0 Å². The van der Waals surface area contributed by atoms with Gasteiger partial charge in [-0.3, -0.25) is 14.9 Å². The summed E-state index contributed by atoms with van der Waals surface area (Å²) in [6, 6.07) is 9.29. The first-order valence-corrected chi connectivity index (χ1v) is 8.45. The number of hydrogen-bond donors (Lipinski definition) is 2. The van der Waals surface area contributed by atoms with Crippen molar-refractivity contribution in [1.29, 1.82) is 0 Å². The van der Waals surface area contributed by atoms with E-state index in [0.717, 1.165) is 37.9 Å². The molecule has 1 saturated heterocycles. The van der Waals surface area contributed by atoms with Crippen LogP contribution in [0, 0.1) is 11.8 Å². The number of likely N-dealkylation sites (tertiary alicyclic amines) is 1. The zero-order valence-corrected chi connectivity index (χ0v) is 13.6. The highest BCUT2D eigenvalue weighted by molar-refractivity contribution is 5.82. The molecule has 1 aromatic rings. The molecule has 5 nitrogen and oxygen atoms in total. The summed E-state index contributed by atoms with van der Waals surface area (Å²) in [5.41, 5.74) is 6.48. The first-order valence-electron chi connectivity index (χ1n) is 8.45. The van der Waals surface area contributed by atoms with Crippen molar-refractivity contribution in [2.45, 2.75) is 38.3 Å². The lowest BCUT2D eigenvalue weighted by Crippen LogP contribution is -2.52. The molecule has 23 heavy (non-hydrogen) atoms. The minimum absolute atomic E-state index is 0.191. The van der Waals surface area contributed by atoms with Gasteiger partial charge in [-0.25, -0.2) is 0 Å². The molecule has 0 aromatic heterocycles. The second-order valence-electron chi connectivity index (χ2n) is 6.84. The Morgan fingerprint density at radius 3 is 2.48 bits per heavy atom. The Labute approximate surface area is 137 Å². The van der Waals surface area contributed by atoms with Crippen LogP contribution in [0.25, 0.3) is 0 Å². The molecule has 0 radical (unpaired) electrons. The summed E-state index contributed by atoms with van der Waals surface area (Å²) in [4.78, 5) is 26.0. The summed E-state index contributed by atoms with van der Waals surface area (Å²) >= 11 is 0. The summed E-state index contributed by atoms with van der Waals surface area (Å²) < 4.78 is 0. The van der Waals surface area contributed by atoms with E-state index >= 15 is 0 Å². The summed E-state index contributed by atoms with van der Waals surface area (Å²) in [6.07, 6.45) is 2.95. The maximum Gasteiger partial charge on any atom is 0.239 e. The number of rotatable bonds is 5. The fourth-order valence-electron chi connectivity index (χ4n) is 3.38. The van der Waals surface area contributed by atoms with E-state index in [1.54, 1.807) is 0 Å². The third-order valence-electron chi connectivity index (χ3n) is 4.94. The van der Waals surface area contributed by atoms with Crippen molar-refractivity contribution in [2.24, 2.45) is 17.6 Å². The molecular weight excluding hydrogens is 290 g/mol. The molecule has 3 N–H and O–H groups in total. The van der Waals surface area contributed by atoms with Gasteiger partial charge in [-0.15, -0.1) is 0 Å². The van der Waals surface area contributed by atoms with Gasteiger partial charge in [-0.2, -0.15) is 0 Å². The predicted octanol–water partition coefficient (Wildman–Crippen LogP) is 1.45. The Morgan fingerprint density at radius 2 is 1.91 bits per heavy atom. The van der Waals surface area contributed by atoms with Gasteiger partial charge in [0.1, 0.15) is 6.04 Å². The second-order valence-corrected chi connectivity index (χ2v) is 6.84. The monoisotopic (exact) mass is 315 g/mol. The highest BCUT2D eigenvalue weighted by atomic mass is 16.2. The molecule has 5 heteroatoms. The normalized spacial score (nSPS) is 25.9. The van der Waals surface area contributed by atoms with Gasteiger partial charge in [0.05, 0.1) is 0 Å². The summed E-state index contributed by atoms with van der Waals surface area (Å²) in [5.74, 6) is 0.524. The second kappa shape index (κ2) is 6.71. The zero-order chi connectivity index (χ0) is 16.4. The quantitative estimate of drug-likeness (QED) is 0.863. The van der Waals surface area contributed by atoms with Crippen LogP contribution in [0.4, 0.5) is 0 Å². The number of carbonyl (C=O) groups is 2. The lowest BCUT2D eigenvalue weighted by molar-refractivity contribution is -0.135. The molecule has 3 atom stereocenters. The highest BCUT2D eigenvalue weighted by Gasteiger charge is 2.37. The Bertz CT molecular complexity index is 571. The number of primary amides is 1. The van der Waals surface area contributed by atoms with E-state index < -0.39 is 6.04 Å². The van der Waals surface area contributed by atoms with Crippen LogP contribution in [0.5, 0.6) is 0 Å². The number of nitrogens with two attached hydrogens (primary N) is 1. The summed E-state index contributed by atoms with van der Waals surface area (Å²) in [6.45, 7) is 3.65. The maximum absolute atomic E-state index is 12.2. The van der Waals surface area contributed by atoms with Crippen LogP contribution in [-0.4, -0.2) is 35.8 Å². The Kier molecular flexibility index (Phi) is 4.66. The Morgan fingerprint density at radius 1 is 1.22 bits per heavy atom. The number of piperidine rings is 1. The van der Waals surface area contributed by atoms with Gasteiger partial charge in [-0.1, -0.05) is 37.3 Å². The van der Waals surface area contributed by atoms with Gasteiger partial charge in [0.2, 0.25) is 11.8 Å².